The van der Waals surface area contributed by atoms with Crippen molar-refractivity contribution in [2.45, 2.75) is 25.6 Å². The molecule has 0 amide bonds. The fraction of sp³-hybridized carbons (Fsp3) is 0.286. The van der Waals surface area contributed by atoms with Gasteiger partial charge in [0.15, 0.2) is 0 Å². The lowest BCUT2D eigenvalue weighted by atomic mass is 10.2. The predicted molar refractivity (Wildman–Crippen MR) is 84.1 cm³/mol. The molecule has 108 valence electrons. The van der Waals surface area contributed by atoms with E-state index in [-0.39, 0.29) is 11.8 Å². The number of nitrogen functional groups attached to an aromatic ring is 1. The highest BCUT2D eigenvalue weighted by molar-refractivity contribution is 7.88. The Kier molecular flexibility index (Phi) is 4.47. The van der Waals surface area contributed by atoms with Gasteiger partial charge in [0.05, 0.1) is 11.8 Å². The van der Waals surface area contributed by atoms with E-state index < -0.39 is 10.0 Å². The molecule has 2 rings (SSSR count). The van der Waals surface area contributed by atoms with Crippen molar-refractivity contribution in [2.24, 2.45) is 0 Å². The summed E-state index contributed by atoms with van der Waals surface area (Å²) in [5.41, 5.74) is 6.92. The Bertz CT molecular complexity index is 693. The standard InChI is InChI=1S/C14H18N2O2S2/c1-10-6-7-14(19-10)11(2)16-20(17,18)9-12-4-3-5-13(15)8-12/h3-8,11,16H,9,15H2,1-2H3. The lowest BCUT2D eigenvalue weighted by molar-refractivity contribution is 0.567. The van der Waals surface area contributed by atoms with Gasteiger partial charge in [-0.2, -0.15) is 0 Å². The largest absolute Gasteiger partial charge is 0.399 e. The molecule has 0 saturated heterocycles. The maximum Gasteiger partial charge on any atom is 0.216 e. The van der Waals surface area contributed by atoms with Crippen molar-refractivity contribution in [1.29, 1.82) is 0 Å². The monoisotopic (exact) mass is 310 g/mol. The molecule has 6 heteroatoms. The summed E-state index contributed by atoms with van der Waals surface area (Å²) in [6.45, 7) is 3.85. The minimum Gasteiger partial charge on any atom is -0.399 e. The molecule has 0 saturated carbocycles. The van der Waals surface area contributed by atoms with Crippen LogP contribution in [0.4, 0.5) is 5.69 Å². The van der Waals surface area contributed by atoms with E-state index in [1.165, 1.54) is 4.88 Å². The highest BCUT2D eigenvalue weighted by Crippen LogP contribution is 2.23. The Balaban J connectivity index is 2.07. The normalized spacial score (nSPS) is 13.3. The quantitative estimate of drug-likeness (QED) is 0.834. The summed E-state index contributed by atoms with van der Waals surface area (Å²) in [6.07, 6.45) is 0. The van der Waals surface area contributed by atoms with Gasteiger partial charge in [-0.3, -0.25) is 0 Å². The van der Waals surface area contributed by atoms with Gasteiger partial charge in [0.25, 0.3) is 0 Å². The van der Waals surface area contributed by atoms with E-state index in [0.29, 0.717) is 11.3 Å². The molecule has 1 aromatic heterocycles. The summed E-state index contributed by atoms with van der Waals surface area (Å²) >= 11 is 1.60. The van der Waals surface area contributed by atoms with Gasteiger partial charge in [0, 0.05) is 15.4 Å². The topological polar surface area (TPSA) is 72.2 Å². The van der Waals surface area contributed by atoms with Crippen LogP contribution >= 0.6 is 11.3 Å². The summed E-state index contributed by atoms with van der Waals surface area (Å²) in [4.78, 5) is 2.18. The van der Waals surface area contributed by atoms with Crippen LogP contribution in [0, 0.1) is 6.92 Å². The second-order valence-electron chi connectivity index (χ2n) is 4.79. The van der Waals surface area contributed by atoms with Crippen LogP contribution in [0.5, 0.6) is 0 Å². The second-order valence-corrected chi connectivity index (χ2v) is 7.87. The number of anilines is 1. The predicted octanol–water partition coefficient (Wildman–Crippen LogP) is 2.82. The molecule has 2 aromatic rings. The fourth-order valence-corrected chi connectivity index (χ4v) is 4.28. The zero-order chi connectivity index (χ0) is 14.8. The average Bonchev–Trinajstić information content (AvgIpc) is 2.74. The Morgan fingerprint density at radius 2 is 2.05 bits per heavy atom. The first-order valence-electron chi connectivity index (χ1n) is 6.26. The third-order valence-corrected chi connectivity index (χ3v) is 5.46. The van der Waals surface area contributed by atoms with Crippen LogP contribution in [0.25, 0.3) is 0 Å². The number of benzene rings is 1. The summed E-state index contributed by atoms with van der Waals surface area (Å²) in [5.74, 6) is -0.0628. The molecule has 1 aromatic carbocycles. The molecular formula is C14H18N2O2S2. The first kappa shape index (κ1) is 15.0. The van der Waals surface area contributed by atoms with Crippen LogP contribution in [-0.2, 0) is 15.8 Å². The van der Waals surface area contributed by atoms with Gasteiger partial charge < -0.3 is 5.73 Å². The van der Waals surface area contributed by atoms with E-state index in [4.69, 9.17) is 5.73 Å². The maximum atomic E-state index is 12.2. The summed E-state index contributed by atoms with van der Waals surface area (Å²) in [6, 6.07) is 10.7. The molecule has 0 bridgehead atoms. The van der Waals surface area contributed by atoms with E-state index in [1.807, 2.05) is 26.0 Å². The van der Waals surface area contributed by atoms with Crippen LogP contribution < -0.4 is 10.5 Å². The third-order valence-electron chi connectivity index (χ3n) is 2.85. The number of sulfonamides is 1. The molecule has 4 nitrogen and oxygen atoms in total. The maximum absolute atomic E-state index is 12.2. The minimum absolute atomic E-state index is 0.0628. The van der Waals surface area contributed by atoms with Gasteiger partial charge in [-0.25, -0.2) is 13.1 Å². The lowest BCUT2D eigenvalue weighted by Gasteiger charge is -2.13. The van der Waals surface area contributed by atoms with Crippen molar-refractivity contribution in [2.75, 3.05) is 5.73 Å². The van der Waals surface area contributed by atoms with Crippen molar-refractivity contribution in [3.63, 3.8) is 0 Å². The van der Waals surface area contributed by atoms with Gasteiger partial charge in [0.2, 0.25) is 10.0 Å². The minimum atomic E-state index is -3.39. The number of thiophene rings is 1. The van der Waals surface area contributed by atoms with E-state index in [2.05, 4.69) is 4.72 Å². The van der Waals surface area contributed by atoms with Crippen molar-refractivity contribution in [3.05, 3.63) is 51.7 Å². The van der Waals surface area contributed by atoms with Crippen LogP contribution in [0.3, 0.4) is 0 Å². The van der Waals surface area contributed by atoms with Crippen molar-refractivity contribution in [3.8, 4) is 0 Å². The molecule has 0 aliphatic carbocycles. The molecule has 0 aliphatic rings. The van der Waals surface area contributed by atoms with Crippen molar-refractivity contribution in [1.82, 2.24) is 4.72 Å². The van der Waals surface area contributed by atoms with Gasteiger partial charge in [-0.15, -0.1) is 11.3 Å². The number of nitrogens with one attached hydrogen (secondary N) is 1. The molecule has 20 heavy (non-hydrogen) atoms. The number of aryl methyl sites for hydroxylation is 1. The number of nitrogens with two attached hydrogens (primary N) is 1. The van der Waals surface area contributed by atoms with Crippen molar-refractivity contribution >= 4 is 27.0 Å². The molecule has 1 unspecified atom stereocenters. The second kappa shape index (κ2) is 5.95. The molecule has 1 heterocycles. The van der Waals surface area contributed by atoms with E-state index in [9.17, 15) is 8.42 Å². The Morgan fingerprint density at radius 3 is 2.65 bits per heavy atom. The molecule has 0 fully saturated rings. The zero-order valence-electron chi connectivity index (χ0n) is 11.5. The molecule has 0 spiro atoms. The molecule has 0 aliphatic heterocycles. The first-order chi connectivity index (χ1) is 9.35. The molecule has 0 radical (unpaired) electrons. The van der Waals surface area contributed by atoms with Gasteiger partial charge in [0.1, 0.15) is 0 Å². The highest BCUT2D eigenvalue weighted by Gasteiger charge is 2.17. The van der Waals surface area contributed by atoms with Crippen molar-refractivity contribution < 1.29 is 8.42 Å². The van der Waals surface area contributed by atoms with Crippen LogP contribution in [0.15, 0.2) is 36.4 Å². The van der Waals surface area contributed by atoms with Crippen LogP contribution in [-0.4, -0.2) is 8.42 Å². The third kappa shape index (κ3) is 4.06. The van der Waals surface area contributed by atoms with E-state index in [0.717, 1.165) is 4.88 Å². The lowest BCUT2D eigenvalue weighted by Crippen LogP contribution is -2.27. The highest BCUT2D eigenvalue weighted by atomic mass is 32.2. The van der Waals surface area contributed by atoms with E-state index in [1.54, 1.807) is 35.6 Å². The van der Waals surface area contributed by atoms with Crippen LogP contribution in [0.1, 0.15) is 28.3 Å². The Morgan fingerprint density at radius 1 is 1.30 bits per heavy atom. The molecular weight excluding hydrogens is 292 g/mol. The first-order valence-corrected chi connectivity index (χ1v) is 8.73. The number of rotatable bonds is 5. The van der Waals surface area contributed by atoms with E-state index >= 15 is 0 Å². The number of hydrogen-bond acceptors (Lipinski definition) is 4. The summed E-state index contributed by atoms with van der Waals surface area (Å²) in [7, 11) is -3.39. The summed E-state index contributed by atoms with van der Waals surface area (Å²) < 4.78 is 27.0. The van der Waals surface area contributed by atoms with Gasteiger partial charge in [-0.1, -0.05) is 12.1 Å². The Labute approximate surface area is 123 Å². The van der Waals surface area contributed by atoms with Gasteiger partial charge in [-0.05, 0) is 43.7 Å². The Hall–Kier alpha value is -1.37. The molecule has 1 atom stereocenters. The number of hydrogen-bond donors (Lipinski definition) is 2. The SMILES string of the molecule is Cc1ccc(C(C)NS(=O)(=O)Cc2cccc(N)c2)s1. The van der Waals surface area contributed by atoms with Crippen LogP contribution in [0.2, 0.25) is 0 Å². The average molecular weight is 310 g/mol. The molecule has 3 N–H and O–H groups in total. The zero-order valence-corrected chi connectivity index (χ0v) is 13.1. The summed E-state index contributed by atoms with van der Waals surface area (Å²) in [5, 5.41) is 0. The van der Waals surface area contributed by atoms with Gasteiger partial charge >= 0.3 is 0 Å². The smallest absolute Gasteiger partial charge is 0.216 e. The fourth-order valence-electron chi connectivity index (χ4n) is 1.96.